The van der Waals surface area contributed by atoms with Gasteiger partial charge in [-0.15, -0.1) is 35.3 Å². The van der Waals surface area contributed by atoms with Crippen LogP contribution in [0.3, 0.4) is 0 Å². The highest BCUT2D eigenvalue weighted by Crippen LogP contribution is 2.11. The summed E-state index contributed by atoms with van der Waals surface area (Å²) in [5.74, 6) is 0.648. The Morgan fingerprint density at radius 2 is 2.06 bits per heavy atom. The van der Waals surface area contributed by atoms with Crippen molar-refractivity contribution in [3.05, 3.63) is 57.8 Å². The molecule has 1 aliphatic heterocycles. The molecule has 0 unspecified atom stereocenters. The standard InChI is InChI=1S/C22H29N5O2S.HI/c1-3-23-22(26(2)12-10-19-5-4-14-30-19)25-15-17-6-8-18(9-7-17)21(29)27-13-11-24-20(28)16-27;/h4-9,14H,3,10-13,15-16H2,1-2H3,(H,23,25)(H,24,28);1H. The van der Waals surface area contributed by atoms with E-state index in [0.717, 1.165) is 31.0 Å². The topological polar surface area (TPSA) is 77.0 Å². The van der Waals surface area contributed by atoms with Crippen molar-refractivity contribution in [1.82, 2.24) is 20.4 Å². The van der Waals surface area contributed by atoms with E-state index < -0.39 is 0 Å². The summed E-state index contributed by atoms with van der Waals surface area (Å²) in [4.78, 5) is 33.9. The van der Waals surface area contributed by atoms with E-state index in [1.54, 1.807) is 16.2 Å². The molecule has 0 radical (unpaired) electrons. The van der Waals surface area contributed by atoms with Crippen molar-refractivity contribution in [1.29, 1.82) is 0 Å². The number of aliphatic imine (C=N–C) groups is 1. The van der Waals surface area contributed by atoms with Crippen molar-refractivity contribution >= 4 is 53.1 Å². The fourth-order valence-electron chi connectivity index (χ4n) is 3.22. The maximum Gasteiger partial charge on any atom is 0.254 e. The molecule has 0 saturated carbocycles. The van der Waals surface area contributed by atoms with E-state index in [9.17, 15) is 9.59 Å². The first-order valence-corrected chi connectivity index (χ1v) is 11.1. The Bertz CT molecular complexity index is 871. The number of piperazine rings is 1. The lowest BCUT2D eigenvalue weighted by molar-refractivity contribution is -0.123. The minimum atomic E-state index is -0.111. The molecule has 31 heavy (non-hydrogen) atoms. The van der Waals surface area contributed by atoms with Gasteiger partial charge in [-0.3, -0.25) is 9.59 Å². The molecule has 0 bridgehead atoms. The monoisotopic (exact) mass is 555 g/mol. The molecule has 1 fully saturated rings. The van der Waals surface area contributed by atoms with Gasteiger partial charge in [0.05, 0.1) is 13.1 Å². The molecule has 1 aliphatic rings. The zero-order valence-corrected chi connectivity index (χ0v) is 21.1. The van der Waals surface area contributed by atoms with Gasteiger partial charge >= 0.3 is 0 Å². The second kappa shape index (κ2) is 12.7. The molecular weight excluding hydrogens is 525 g/mol. The minimum Gasteiger partial charge on any atom is -0.357 e. The fourth-order valence-corrected chi connectivity index (χ4v) is 3.92. The Morgan fingerprint density at radius 3 is 2.71 bits per heavy atom. The number of hydrogen-bond acceptors (Lipinski definition) is 4. The summed E-state index contributed by atoms with van der Waals surface area (Å²) in [6, 6.07) is 11.7. The molecule has 0 atom stereocenters. The van der Waals surface area contributed by atoms with Crippen molar-refractivity contribution in [3.8, 4) is 0 Å². The first kappa shape index (κ1) is 25.1. The maximum absolute atomic E-state index is 12.6. The number of benzene rings is 1. The highest BCUT2D eigenvalue weighted by atomic mass is 127. The average Bonchev–Trinajstić information content (AvgIpc) is 3.28. The Morgan fingerprint density at radius 1 is 1.29 bits per heavy atom. The molecule has 1 aromatic heterocycles. The van der Waals surface area contributed by atoms with Gasteiger partial charge in [-0.2, -0.15) is 0 Å². The van der Waals surface area contributed by atoms with Gasteiger partial charge in [-0.05, 0) is 42.5 Å². The third-order valence-electron chi connectivity index (χ3n) is 4.91. The predicted octanol–water partition coefficient (Wildman–Crippen LogP) is 2.58. The van der Waals surface area contributed by atoms with Gasteiger partial charge in [-0.1, -0.05) is 18.2 Å². The van der Waals surface area contributed by atoms with Crippen molar-refractivity contribution in [2.45, 2.75) is 19.9 Å². The molecule has 3 rings (SSSR count). The van der Waals surface area contributed by atoms with Crippen LogP contribution in [0.4, 0.5) is 0 Å². The van der Waals surface area contributed by atoms with E-state index in [2.05, 4.69) is 40.0 Å². The highest BCUT2D eigenvalue weighted by Gasteiger charge is 2.22. The highest BCUT2D eigenvalue weighted by molar-refractivity contribution is 14.0. The summed E-state index contributed by atoms with van der Waals surface area (Å²) in [5, 5.41) is 8.17. The number of halogens is 1. The van der Waals surface area contributed by atoms with Crippen LogP contribution in [0, 0.1) is 0 Å². The molecule has 7 nitrogen and oxygen atoms in total. The number of nitrogens with zero attached hydrogens (tertiary/aromatic N) is 3. The largest absolute Gasteiger partial charge is 0.357 e. The number of rotatable bonds is 7. The lowest BCUT2D eigenvalue weighted by Gasteiger charge is -2.26. The molecule has 0 aliphatic carbocycles. The van der Waals surface area contributed by atoms with E-state index in [1.807, 2.05) is 31.3 Å². The third-order valence-corrected chi connectivity index (χ3v) is 5.84. The number of hydrogen-bond donors (Lipinski definition) is 2. The third kappa shape index (κ3) is 7.49. The van der Waals surface area contributed by atoms with Crippen LogP contribution in [-0.4, -0.2) is 67.3 Å². The Hall–Kier alpha value is -2.14. The van der Waals surface area contributed by atoms with E-state index >= 15 is 0 Å². The Kier molecular flexibility index (Phi) is 10.3. The van der Waals surface area contributed by atoms with Gasteiger partial charge in [0.1, 0.15) is 0 Å². The molecule has 0 spiro atoms. The van der Waals surface area contributed by atoms with Crippen molar-refractivity contribution in [2.75, 3.05) is 39.8 Å². The summed E-state index contributed by atoms with van der Waals surface area (Å²) < 4.78 is 0. The number of nitrogens with one attached hydrogen (secondary N) is 2. The second-order valence-electron chi connectivity index (χ2n) is 7.19. The maximum atomic E-state index is 12.6. The zero-order chi connectivity index (χ0) is 21.3. The predicted molar refractivity (Wildman–Crippen MR) is 136 cm³/mol. The van der Waals surface area contributed by atoms with Gasteiger partial charge < -0.3 is 20.4 Å². The lowest BCUT2D eigenvalue weighted by Crippen LogP contribution is -2.49. The van der Waals surface area contributed by atoms with Crippen LogP contribution in [-0.2, 0) is 17.8 Å². The number of amides is 2. The summed E-state index contributed by atoms with van der Waals surface area (Å²) >= 11 is 1.77. The molecule has 9 heteroatoms. The van der Waals surface area contributed by atoms with E-state index in [4.69, 9.17) is 4.99 Å². The quantitative estimate of drug-likeness (QED) is 0.313. The molecule has 1 aromatic carbocycles. The number of likely N-dealkylation sites (N-methyl/N-ethyl adjacent to an activating group) is 1. The summed E-state index contributed by atoms with van der Waals surface area (Å²) in [5.41, 5.74) is 1.63. The van der Waals surface area contributed by atoms with E-state index in [1.165, 1.54) is 4.88 Å². The summed E-state index contributed by atoms with van der Waals surface area (Å²) in [6.45, 7) is 5.46. The first-order chi connectivity index (χ1) is 14.6. The first-order valence-electron chi connectivity index (χ1n) is 10.2. The fraction of sp³-hybridized carbons (Fsp3) is 0.409. The number of carbonyl (C=O) groups is 2. The molecule has 1 saturated heterocycles. The van der Waals surface area contributed by atoms with Gasteiger partial charge in [0.15, 0.2) is 5.96 Å². The van der Waals surface area contributed by atoms with Crippen molar-refractivity contribution < 1.29 is 9.59 Å². The van der Waals surface area contributed by atoms with Crippen LogP contribution in [0.2, 0.25) is 0 Å². The zero-order valence-electron chi connectivity index (χ0n) is 18.0. The molecule has 2 amide bonds. The number of guanidine groups is 1. The van der Waals surface area contributed by atoms with Crippen LogP contribution in [0.5, 0.6) is 0 Å². The average molecular weight is 555 g/mol. The lowest BCUT2D eigenvalue weighted by atomic mass is 10.1. The summed E-state index contributed by atoms with van der Waals surface area (Å²) in [6.07, 6.45) is 0.990. The van der Waals surface area contributed by atoms with Crippen LogP contribution in [0.15, 0.2) is 46.8 Å². The molecular formula is C22H30IN5O2S. The van der Waals surface area contributed by atoms with Gasteiger partial charge in [0, 0.05) is 43.7 Å². The molecule has 2 heterocycles. The minimum absolute atomic E-state index is 0. The van der Waals surface area contributed by atoms with E-state index in [-0.39, 0.29) is 42.3 Å². The van der Waals surface area contributed by atoms with Crippen LogP contribution >= 0.6 is 35.3 Å². The Labute approximate surface area is 204 Å². The van der Waals surface area contributed by atoms with Crippen LogP contribution in [0.1, 0.15) is 27.7 Å². The second-order valence-corrected chi connectivity index (χ2v) is 8.23. The van der Waals surface area contributed by atoms with Crippen molar-refractivity contribution in [2.24, 2.45) is 4.99 Å². The molecule has 168 valence electrons. The van der Waals surface area contributed by atoms with Crippen LogP contribution in [0.25, 0.3) is 0 Å². The SMILES string of the molecule is CCNC(=NCc1ccc(C(=O)N2CCNC(=O)C2)cc1)N(C)CCc1cccs1.I. The summed E-state index contributed by atoms with van der Waals surface area (Å²) in [7, 11) is 2.05. The van der Waals surface area contributed by atoms with Gasteiger partial charge in [0.2, 0.25) is 5.91 Å². The van der Waals surface area contributed by atoms with Crippen molar-refractivity contribution in [3.63, 3.8) is 0 Å². The van der Waals surface area contributed by atoms with Gasteiger partial charge in [-0.25, -0.2) is 4.99 Å². The molecule has 2 N–H and O–H groups in total. The number of thiophene rings is 1. The number of carbonyl (C=O) groups excluding carboxylic acids is 2. The molecule has 2 aromatic rings. The smallest absolute Gasteiger partial charge is 0.254 e. The van der Waals surface area contributed by atoms with E-state index in [0.29, 0.717) is 25.2 Å². The van der Waals surface area contributed by atoms with Crippen LogP contribution < -0.4 is 10.6 Å². The Balaban J connectivity index is 0.00000341. The van der Waals surface area contributed by atoms with Gasteiger partial charge in [0.25, 0.3) is 5.91 Å². The normalized spacial score (nSPS) is 13.9.